The average Bonchev–Trinajstić information content (AvgIpc) is 2.13. The van der Waals surface area contributed by atoms with Crippen molar-refractivity contribution in [1.82, 2.24) is 4.98 Å². The maximum Gasteiger partial charge on any atom is 0.159 e. The maximum absolute atomic E-state index is 8.35. The minimum atomic E-state index is 0.411. The lowest BCUT2D eigenvalue weighted by atomic mass is 10.3. The molecule has 0 saturated carbocycles. The zero-order valence-electron chi connectivity index (χ0n) is 5.39. The van der Waals surface area contributed by atoms with Crippen molar-refractivity contribution in [2.75, 3.05) is 0 Å². The predicted octanol–water partition coefficient (Wildman–Crippen LogP) is 2.28. The topological polar surface area (TPSA) is 36.7 Å². The summed E-state index contributed by atoms with van der Waals surface area (Å²) < 4.78 is 0.857. The van der Waals surface area contributed by atoms with Crippen LogP contribution in [-0.2, 0) is 6.42 Å². The molecule has 0 radical (unpaired) electrons. The molecule has 0 aromatic carbocycles. The van der Waals surface area contributed by atoms with Gasteiger partial charge in [-0.05, 0) is 22.9 Å². The van der Waals surface area contributed by atoms with Gasteiger partial charge >= 0.3 is 0 Å². The summed E-state index contributed by atoms with van der Waals surface area (Å²) in [6, 6.07) is 2.06. The summed E-state index contributed by atoms with van der Waals surface area (Å²) in [7, 11) is 0. The molecule has 1 rings (SSSR count). The van der Waals surface area contributed by atoms with Crippen LogP contribution in [0.15, 0.2) is 3.92 Å². The van der Waals surface area contributed by atoms with E-state index in [4.69, 9.17) is 5.26 Å². The minimum absolute atomic E-state index is 0.411. The monoisotopic (exact) mass is 216 g/mol. The Hall–Kier alpha value is -0.400. The third kappa shape index (κ3) is 1.55. The Morgan fingerprint density at radius 1 is 1.80 bits per heavy atom. The van der Waals surface area contributed by atoms with Crippen LogP contribution in [0.2, 0.25) is 0 Å². The molecule has 52 valence electrons. The van der Waals surface area contributed by atoms with E-state index in [1.807, 2.05) is 6.92 Å². The molecule has 1 aromatic rings. The van der Waals surface area contributed by atoms with Crippen molar-refractivity contribution >= 4 is 27.3 Å². The number of hydrogen-bond donors (Lipinski definition) is 0. The highest BCUT2D eigenvalue weighted by Crippen LogP contribution is 2.21. The van der Waals surface area contributed by atoms with E-state index in [1.165, 1.54) is 0 Å². The summed E-state index contributed by atoms with van der Waals surface area (Å²) in [6.45, 7) is 1.97. The van der Waals surface area contributed by atoms with Gasteiger partial charge in [-0.15, -0.1) is 11.3 Å². The van der Waals surface area contributed by atoms with Gasteiger partial charge in [0.1, 0.15) is 0 Å². The normalized spacial score (nSPS) is 9.30. The molecule has 2 nitrogen and oxygen atoms in total. The van der Waals surface area contributed by atoms with Crippen LogP contribution in [0.1, 0.15) is 10.6 Å². The van der Waals surface area contributed by atoms with Crippen LogP contribution in [0.25, 0.3) is 0 Å². The fourth-order valence-corrected chi connectivity index (χ4v) is 2.22. The van der Waals surface area contributed by atoms with E-state index < -0.39 is 0 Å². The average molecular weight is 217 g/mol. The van der Waals surface area contributed by atoms with E-state index in [1.54, 1.807) is 11.3 Å². The van der Waals surface area contributed by atoms with Crippen LogP contribution in [0.3, 0.4) is 0 Å². The lowest BCUT2D eigenvalue weighted by molar-refractivity contribution is 1.12. The molecule has 0 fully saturated rings. The van der Waals surface area contributed by atoms with Crippen LogP contribution in [0.5, 0.6) is 0 Å². The number of aromatic nitrogens is 1. The number of hydrogen-bond acceptors (Lipinski definition) is 3. The molecule has 0 bridgehead atoms. The number of nitriles is 1. The summed E-state index contributed by atoms with van der Waals surface area (Å²) in [5.74, 6) is 0. The second kappa shape index (κ2) is 3.13. The SMILES string of the molecule is Cc1sc(Br)nc1CC#N. The van der Waals surface area contributed by atoms with Crippen LogP contribution < -0.4 is 0 Å². The molecule has 0 aliphatic heterocycles. The summed E-state index contributed by atoms with van der Waals surface area (Å²) in [5, 5.41) is 8.35. The van der Waals surface area contributed by atoms with Crippen molar-refractivity contribution in [3.8, 4) is 6.07 Å². The fourth-order valence-electron chi connectivity index (χ4n) is 0.632. The van der Waals surface area contributed by atoms with E-state index in [9.17, 15) is 0 Å². The van der Waals surface area contributed by atoms with E-state index in [-0.39, 0.29) is 0 Å². The first kappa shape index (κ1) is 7.70. The highest BCUT2D eigenvalue weighted by molar-refractivity contribution is 9.11. The Bertz CT molecular complexity index is 274. The van der Waals surface area contributed by atoms with Crippen LogP contribution in [0, 0.1) is 18.3 Å². The Morgan fingerprint density at radius 2 is 2.50 bits per heavy atom. The predicted molar refractivity (Wildman–Crippen MR) is 43.9 cm³/mol. The lowest BCUT2D eigenvalue weighted by Crippen LogP contribution is -1.82. The van der Waals surface area contributed by atoms with E-state index in [0.717, 1.165) is 14.5 Å². The lowest BCUT2D eigenvalue weighted by Gasteiger charge is -1.83. The Balaban J connectivity index is 2.94. The molecule has 0 aliphatic rings. The van der Waals surface area contributed by atoms with Gasteiger partial charge in [0, 0.05) is 4.88 Å². The molecule has 0 N–H and O–H groups in total. The van der Waals surface area contributed by atoms with Crippen molar-refractivity contribution in [3.63, 3.8) is 0 Å². The third-order valence-electron chi connectivity index (χ3n) is 1.11. The zero-order chi connectivity index (χ0) is 7.56. The minimum Gasteiger partial charge on any atom is -0.233 e. The van der Waals surface area contributed by atoms with Gasteiger partial charge in [-0.2, -0.15) is 5.26 Å². The Kier molecular flexibility index (Phi) is 2.41. The molecule has 1 heterocycles. The van der Waals surface area contributed by atoms with E-state index >= 15 is 0 Å². The third-order valence-corrected chi connectivity index (χ3v) is 2.58. The molecule has 10 heavy (non-hydrogen) atoms. The van der Waals surface area contributed by atoms with Crippen molar-refractivity contribution in [1.29, 1.82) is 5.26 Å². The highest BCUT2D eigenvalue weighted by Gasteiger charge is 2.03. The maximum atomic E-state index is 8.35. The second-order valence-corrected chi connectivity index (χ2v) is 4.28. The van der Waals surface area contributed by atoms with Crippen molar-refractivity contribution in [2.45, 2.75) is 13.3 Å². The van der Waals surface area contributed by atoms with Crippen molar-refractivity contribution in [2.24, 2.45) is 0 Å². The first-order chi connectivity index (χ1) is 4.74. The molecular formula is C6H5BrN2S. The van der Waals surface area contributed by atoms with E-state index in [2.05, 4.69) is 27.0 Å². The molecule has 0 spiro atoms. The number of halogens is 1. The van der Waals surface area contributed by atoms with Gasteiger partial charge in [0.05, 0.1) is 18.2 Å². The highest BCUT2D eigenvalue weighted by atomic mass is 79.9. The van der Waals surface area contributed by atoms with Gasteiger partial charge < -0.3 is 0 Å². The van der Waals surface area contributed by atoms with Gasteiger partial charge in [0.25, 0.3) is 0 Å². The number of rotatable bonds is 1. The zero-order valence-corrected chi connectivity index (χ0v) is 7.79. The van der Waals surface area contributed by atoms with Crippen molar-refractivity contribution in [3.05, 3.63) is 14.5 Å². The molecule has 0 saturated heterocycles. The molecule has 0 aliphatic carbocycles. The summed E-state index contributed by atoms with van der Waals surface area (Å²) in [6.07, 6.45) is 0.411. The van der Waals surface area contributed by atoms with E-state index in [0.29, 0.717) is 6.42 Å². The standard InChI is InChI=1S/C6H5BrN2S/c1-4-5(2-3-8)9-6(7)10-4/h2H2,1H3. The summed E-state index contributed by atoms with van der Waals surface area (Å²) in [4.78, 5) is 5.23. The Morgan fingerprint density at radius 3 is 2.90 bits per heavy atom. The Labute approximate surface area is 71.6 Å². The van der Waals surface area contributed by atoms with Crippen LogP contribution in [-0.4, -0.2) is 4.98 Å². The van der Waals surface area contributed by atoms with Crippen LogP contribution in [0.4, 0.5) is 0 Å². The number of aryl methyl sites for hydroxylation is 1. The van der Waals surface area contributed by atoms with Crippen molar-refractivity contribution < 1.29 is 0 Å². The number of thiazole rings is 1. The summed E-state index contributed by atoms with van der Waals surface area (Å²) in [5.41, 5.74) is 0.888. The van der Waals surface area contributed by atoms with Gasteiger partial charge in [-0.3, -0.25) is 0 Å². The molecule has 4 heteroatoms. The molecule has 0 atom stereocenters. The quantitative estimate of drug-likeness (QED) is 0.723. The first-order valence-corrected chi connectivity index (χ1v) is 4.33. The van der Waals surface area contributed by atoms with Gasteiger partial charge in [0.2, 0.25) is 0 Å². The summed E-state index contributed by atoms with van der Waals surface area (Å²) >= 11 is 4.81. The van der Waals surface area contributed by atoms with Crippen LogP contribution >= 0.6 is 27.3 Å². The van der Waals surface area contributed by atoms with Gasteiger partial charge in [0.15, 0.2) is 3.92 Å². The molecule has 0 amide bonds. The smallest absolute Gasteiger partial charge is 0.159 e. The molecule has 1 aromatic heterocycles. The second-order valence-electron chi connectivity index (χ2n) is 1.80. The number of nitrogens with zero attached hydrogens (tertiary/aromatic N) is 2. The largest absolute Gasteiger partial charge is 0.233 e. The fraction of sp³-hybridized carbons (Fsp3) is 0.333. The van der Waals surface area contributed by atoms with Gasteiger partial charge in [-0.1, -0.05) is 0 Å². The molecular weight excluding hydrogens is 212 g/mol. The van der Waals surface area contributed by atoms with Gasteiger partial charge in [-0.25, -0.2) is 4.98 Å². The molecule has 0 unspecified atom stereocenters. The first-order valence-electron chi connectivity index (χ1n) is 2.73.